The van der Waals surface area contributed by atoms with Crippen molar-refractivity contribution in [3.05, 3.63) is 0 Å². The van der Waals surface area contributed by atoms with Gasteiger partial charge in [0.2, 0.25) is 0 Å². The van der Waals surface area contributed by atoms with Crippen LogP contribution in [0.15, 0.2) is 0 Å². The molecule has 1 aliphatic rings. The summed E-state index contributed by atoms with van der Waals surface area (Å²) in [5, 5.41) is 9.43. The highest BCUT2D eigenvalue weighted by Gasteiger charge is 2.37. The van der Waals surface area contributed by atoms with Gasteiger partial charge < -0.3 is 9.53 Å². The van der Waals surface area contributed by atoms with Gasteiger partial charge in [0.25, 0.3) is 0 Å². The first-order valence-electron chi connectivity index (χ1n) is 7.01. The first-order valence-corrected chi connectivity index (χ1v) is 9.92. The third kappa shape index (κ3) is 4.38. The molecule has 0 atom stereocenters. The van der Waals surface area contributed by atoms with Gasteiger partial charge in [0.05, 0.1) is 0 Å². The second-order valence-corrected chi connectivity index (χ2v) is 11.9. The average Bonchev–Trinajstić information content (AvgIpc) is 2.25. The second kappa shape index (κ2) is 5.85. The van der Waals surface area contributed by atoms with Crippen molar-refractivity contribution in [2.75, 3.05) is 13.2 Å². The first-order chi connectivity index (χ1) is 7.76. The summed E-state index contributed by atoms with van der Waals surface area (Å²) in [6.07, 6.45) is 4.84. The molecular formula is C14H30O2Si. The van der Waals surface area contributed by atoms with E-state index in [9.17, 15) is 0 Å². The Balaban J connectivity index is 2.33. The van der Waals surface area contributed by atoms with Crippen molar-refractivity contribution in [3.8, 4) is 0 Å². The van der Waals surface area contributed by atoms with Gasteiger partial charge >= 0.3 is 0 Å². The van der Waals surface area contributed by atoms with Gasteiger partial charge in [-0.2, -0.15) is 0 Å². The molecule has 0 saturated heterocycles. The fraction of sp³-hybridized carbons (Fsp3) is 1.00. The number of aliphatic hydroxyl groups is 1. The molecule has 0 radical (unpaired) electrons. The lowest BCUT2D eigenvalue weighted by Gasteiger charge is -2.38. The van der Waals surface area contributed by atoms with Gasteiger partial charge in [-0.25, -0.2) is 0 Å². The zero-order chi connectivity index (χ0) is 13.1. The quantitative estimate of drug-likeness (QED) is 0.777. The molecule has 1 N–H and O–H groups in total. The Morgan fingerprint density at radius 1 is 1.06 bits per heavy atom. The Hall–Kier alpha value is 0.137. The van der Waals surface area contributed by atoms with E-state index < -0.39 is 8.32 Å². The summed E-state index contributed by atoms with van der Waals surface area (Å²) in [6, 6.07) is 0. The largest absolute Gasteiger partial charge is 0.417 e. The highest BCUT2D eigenvalue weighted by Crippen LogP contribution is 2.38. The van der Waals surface area contributed by atoms with Crippen LogP contribution in [0.4, 0.5) is 0 Å². The molecule has 3 heteroatoms. The molecular weight excluding hydrogens is 228 g/mol. The van der Waals surface area contributed by atoms with Crippen LogP contribution in [0, 0.1) is 11.8 Å². The molecule has 0 amide bonds. The van der Waals surface area contributed by atoms with Gasteiger partial charge in [-0.3, -0.25) is 0 Å². The molecule has 0 unspecified atom stereocenters. The molecule has 17 heavy (non-hydrogen) atoms. The molecule has 0 heterocycles. The lowest BCUT2D eigenvalue weighted by Crippen LogP contribution is -2.42. The van der Waals surface area contributed by atoms with E-state index in [0.29, 0.717) is 17.6 Å². The Morgan fingerprint density at radius 3 is 1.94 bits per heavy atom. The summed E-state index contributed by atoms with van der Waals surface area (Å²) in [5.74, 6) is 1.28. The number of hydrogen-bond acceptors (Lipinski definition) is 2. The third-order valence-electron chi connectivity index (χ3n) is 4.71. The summed E-state index contributed by atoms with van der Waals surface area (Å²) in [5.41, 5.74) is 0. The van der Waals surface area contributed by atoms with Crippen LogP contribution in [0.2, 0.25) is 18.1 Å². The second-order valence-electron chi connectivity index (χ2n) is 7.14. The van der Waals surface area contributed by atoms with Crippen LogP contribution in [-0.4, -0.2) is 26.6 Å². The minimum Gasteiger partial charge on any atom is -0.417 e. The lowest BCUT2D eigenvalue weighted by atomic mass is 9.83. The molecule has 0 aromatic heterocycles. The highest BCUT2D eigenvalue weighted by molar-refractivity contribution is 6.74. The Bertz CT molecular complexity index is 225. The molecule has 0 aromatic carbocycles. The maximum atomic E-state index is 9.12. The maximum absolute atomic E-state index is 9.12. The van der Waals surface area contributed by atoms with Crippen molar-refractivity contribution in [2.45, 2.75) is 64.6 Å². The molecule has 1 fully saturated rings. The van der Waals surface area contributed by atoms with Gasteiger partial charge in [-0.05, 0) is 55.7 Å². The van der Waals surface area contributed by atoms with Gasteiger partial charge in [0.15, 0.2) is 8.32 Å². The van der Waals surface area contributed by atoms with E-state index >= 15 is 0 Å². The Kier molecular flexibility index (Phi) is 5.23. The average molecular weight is 258 g/mol. The van der Waals surface area contributed by atoms with Crippen molar-refractivity contribution >= 4 is 8.32 Å². The SMILES string of the molecule is CC(C)(C)[Si](C)(C)OCC1CCC(CO)CC1. The first kappa shape index (κ1) is 15.2. The summed E-state index contributed by atoms with van der Waals surface area (Å²) in [4.78, 5) is 0. The molecule has 1 rings (SSSR count). The molecule has 1 aliphatic carbocycles. The highest BCUT2D eigenvalue weighted by atomic mass is 28.4. The van der Waals surface area contributed by atoms with Crippen molar-refractivity contribution in [3.63, 3.8) is 0 Å². The van der Waals surface area contributed by atoms with Crippen LogP contribution < -0.4 is 0 Å². The topological polar surface area (TPSA) is 29.5 Å². The van der Waals surface area contributed by atoms with E-state index in [-0.39, 0.29) is 0 Å². The standard InChI is InChI=1S/C14H30O2Si/c1-14(2,3)17(4,5)16-11-13-8-6-12(10-15)7-9-13/h12-13,15H,6-11H2,1-5H3. The minimum atomic E-state index is -1.56. The number of rotatable bonds is 4. The summed E-state index contributed by atoms with van der Waals surface area (Å²) in [6.45, 7) is 12.8. The molecule has 0 aromatic rings. The fourth-order valence-corrected chi connectivity index (χ4v) is 3.21. The van der Waals surface area contributed by atoms with Crippen LogP contribution in [0.25, 0.3) is 0 Å². The van der Waals surface area contributed by atoms with E-state index in [4.69, 9.17) is 9.53 Å². The van der Waals surface area contributed by atoms with E-state index in [1.165, 1.54) is 25.7 Å². The Morgan fingerprint density at radius 2 is 1.53 bits per heavy atom. The van der Waals surface area contributed by atoms with E-state index in [1.54, 1.807) is 0 Å². The Labute approximate surface area is 108 Å². The molecule has 2 nitrogen and oxygen atoms in total. The molecule has 0 aliphatic heterocycles. The van der Waals surface area contributed by atoms with Crippen molar-refractivity contribution < 1.29 is 9.53 Å². The summed E-state index contributed by atoms with van der Waals surface area (Å²) < 4.78 is 6.28. The normalized spacial score (nSPS) is 27.2. The maximum Gasteiger partial charge on any atom is 0.191 e. The molecule has 102 valence electrons. The van der Waals surface area contributed by atoms with Crippen molar-refractivity contribution in [1.29, 1.82) is 0 Å². The van der Waals surface area contributed by atoms with Crippen LogP contribution >= 0.6 is 0 Å². The predicted octanol–water partition coefficient (Wildman–Crippen LogP) is 3.81. The van der Waals surface area contributed by atoms with Gasteiger partial charge in [0, 0.05) is 13.2 Å². The van der Waals surface area contributed by atoms with Crippen LogP contribution in [-0.2, 0) is 4.43 Å². The van der Waals surface area contributed by atoms with Crippen LogP contribution in [0.1, 0.15) is 46.5 Å². The fourth-order valence-electron chi connectivity index (χ4n) is 2.12. The van der Waals surface area contributed by atoms with Crippen LogP contribution in [0.3, 0.4) is 0 Å². The monoisotopic (exact) mass is 258 g/mol. The smallest absolute Gasteiger partial charge is 0.191 e. The van der Waals surface area contributed by atoms with E-state index in [2.05, 4.69) is 33.9 Å². The van der Waals surface area contributed by atoms with Gasteiger partial charge in [-0.1, -0.05) is 20.8 Å². The van der Waals surface area contributed by atoms with Crippen molar-refractivity contribution in [1.82, 2.24) is 0 Å². The van der Waals surface area contributed by atoms with Gasteiger partial charge in [0.1, 0.15) is 0 Å². The van der Waals surface area contributed by atoms with Gasteiger partial charge in [-0.15, -0.1) is 0 Å². The zero-order valence-corrected chi connectivity index (χ0v) is 13.3. The predicted molar refractivity (Wildman–Crippen MR) is 75.7 cm³/mol. The summed E-state index contributed by atoms with van der Waals surface area (Å²) >= 11 is 0. The van der Waals surface area contributed by atoms with Crippen molar-refractivity contribution in [2.24, 2.45) is 11.8 Å². The zero-order valence-electron chi connectivity index (χ0n) is 12.3. The molecule has 1 saturated carbocycles. The molecule has 0 bridgehead atoms. The van der Waals surface area contributed by atoms with E-state index in [1.807, 2.05) is 0 Å². The number of hydrogen-bond donors (Lipinski definition) is 1. The number of aliphatic hydroxyl groups excluding tert-OH is 1. The summed E-state index contributed by atoms with van der Waals surface area (Å²) in [7, 11) is -1.56. The van der Waals surface area contributed by atoms with E-state index in [0.717, 1.165) is 12.5 Å². The van der Waals surface area contributed by atoms with Crippen LogP contribution in [0.5, 0.6) is 0 Å². The lowest BCUT2D eigenvalue weighted by molar-refractivity contribution is 0.133. The minimum absolute atomic E-state index is 0.315. The molecule has 0 spiro atoms. The third-order valence-corrected chi connectivity index (χ3v) is 9.21.